The number of nitrogens with zero attached hydrogens (tertiary/aromatic N) is 3. The quantitative estimate of drug-likeness (QED) is 0.828. The number of sulfone groups is 1. The highest BCUT2D eigenvalue weighted by Crippen LogP contribution is 2.24. The van der Waals surface area contributed by atoms with E-state index in [1.165, 1.54) is 11.3 Å². The fourth-order valence-electron chi connectivity index (χ4n) is 2.99. The van der Waals surface area contributed by atoms with Crippen molar-refractivity contribution in [3.05, 3.63) is 22.4 Å². The number of carbonyl (C=O) groups is 1. The first kappa shape index (κ1) is 17.7. The van der Waals surface area contributed by atoms with E-state index in [2.05, 4.69) is 10.3 Å². The molecule has 3 rings (SSSR count). The van der Waals surface area contributed by atoms with Crippen LogP contribution in [0.3, 0.4) is 0 Å². The van der Waals surface area contributed by atoms with Crippen molar-refractivity contribution in [1.29, 1.82) is 0 Å². The number of imidazole rings is 1. The third kappa shape index (κ3) is 3.74. The molecule has 132 valence electrons. The molecule has 1 amide bonds. The summed E-state index contributed by atoms with van der Waals surface area (Å²) in [4.78, 5) is 19.2. The van der Waals surface area contributed by atoms with E-state index < -0.39 is 15.4 Å². The number of hydrogen-bond donors (Lipinski definition) is 1. The summed E-state index contributed by atoms with van der Waals surface area (Å²) in [6, 6.07) is 0. The summed E-state index contributed by atoms with van der Waals surface area (Å²) >= 11 is 7.66. The van der Waals surface area contributed by atoms with E-state index >= 15 is 0 Å². The topological polar surface area (TPSA) is 83.8 Å². The lowest BCUT2D eigenvalue weighted by molar-refractivity contribution is -0.123. The maximum absolute atomic E-state index is 12.3. The zero-order chi connectivity index (χ0) is 17.5. The minimum absolute atomic E-state index is 0.000565. The minimum atomic E-state index is -3.05. The van der Waals surface area contributed by atoms with E-state index in [-0.39, 0.29) is 24.0 Å². The summed E-state index contributed by atoms with van der Waals surface area (Å²) in [6.07, 6.45) is 2.35. The van der Waals surface area contributed by atoms with Crippen molar-refractivity contribution in [3.63, 3.8) is 0 Å². The largest absolute Gasteiger partial charge is 0.349 e. The van der Waals surface area contributed by atoms with Crippen LogP contribution < -0.4 is 5.32 Å². The van der Waals surface area contributed by atoms with Gasteiger partial charge in [-0.15, -0.1) is 11.3 Å². The molecule has 0 bridgehead atoms. The molecule has 1 aliphatic rings. The van der Waals surface area contributed by atoms with Gasteiger partial charge in [-0.05, 0) is 20.4 Å². The Kier molecular flexibility index (Phi) is 4.63. The van der Waals surface area contributed by atoms with E-state index in [0.29, 0.717) is 18.1 Å². The molecule has 7 nitrogen and oxygen atoms in total. The molecule has 1 fully saturated rings. The molecule has 3 heterocycles. The number of likely N-dealkylation sites (N-methyl/N-ethyl adjacent to an activating group) is 1. The number of halogens is 1. The van der Waals surface area contributed by atoms with Crippen LogP contribution in [-0.2, 0) is 21.2 Å². The summed E-state index contributed by atoms with van der Waals surface area (Å²) in [7, 11) is -1.23. The van der Waals surface area contributed by atoms with Crippen molar-refractivity contribution in [2.24, 2.45) is 0 Å². The van der Waals surface area contributed by atoms with E-state index in [0.717, 1.165) is 10.7 Å². The molecular weight excluding hydrogens is 372 g/mol. The van der Waals surface area contributed by atoms with Gasteiger partial charge in [-0.3, -0.25) is 14.1 Å². The van der Waals surface area contributed by atoms with Gasteiger partial charge in [0, 0.05) is 18.1 Å². The van der Waals surface area contributed by atoms with Gasteiger partial charge in [0.15, 0.2) is 20.0 Å². The number of carbonyl (C=O) groups excluding carboxylic acids is 1. The first-order valence-corrected chi connectivity index (χ1v) is 10.6. The van der Waals surface area contributed by atoms with Gasteiger partial charge < -0.3 is 5.32 Å². The van der Waals surface area contributed by atoms with Crippen LogP contribution in [0.2, 0.25) is 5.15 Å². The van der Waals surface area contributed by atoms with Gasteiger partial charge >= 0.3 is 0 Å². The van der Waals surface area contributed by atoms with E-state index in [9.17, 15) is 13.2 Å². The Bertz CT molecular complexity index is 876. The van der Waals surface area contributed by atoms with Crippen LogP contribution in [0.1, 0.15) is 19.0 Å². The minimum Gasteiger partial charge on any atom is -0.349 e. The van der Waals surface area contributed by atoms with Crippen LogP contribution >= 0.6 is 22.9 Å². The van der Waals surface area contributed by atoms with Gasteiger partial charge in [0.05, 0.1) is 29.3 Å². The third-order valence-electron chi connectivity index (χ3n) is 4.09. The predicted molar refractivity (Wildman–Crippen MR) is 94.2 cm³/mol. The lowest BCUT2D eigenvalue weighted by atomic mass is 10.0. The van der Waals surface area contributed by atoms with Gasteiger partial charge in [-0.1, -0.05) is 11.6 Å². The number of fused-ring (bicyclic) bond motifs is 1. The van der Waals surface area contributed by atoms with Crippen LogP contribution in [0.25, 0.3) is 4.96 Å². The third-order valence-corrected chi connectivity index (χ3v) is 7.05. The molecule has 1 N–H and O–H groups in total. The van der Waals surface area contributed by atoms with Gasteiger partial charge in [-0.2, -0.15) is 0 Å². The molecule has 10 heteroatoms. The standard InChI is InChI=1S/C14H19ClN4O3S2/c1-14(3-6-24(21,22)9-14)17-11(20)8-18(2)7-10-12(15)16-13-19(10)4-5-23-13/h4-5H,3,6-9H2,1-2H3,(H,17,20)/t14-/m0/s1. The zero-order valence-electron chi connectivity index (χ0n) is 13.5. The van der Waals surface area contributed by atoms with Gasteiger partial charge in [0.1, 0.15) is 0 Å². The van der Waals surface area contributed by atoms with Gasteiger partial charge in [0.25, 0.3) is 0 Å². The van der Waals surface area contributed by atoms with Crippen molar-refractivity contribution in [1.82, 2.24) is 19.6 Å². The molecule has 1 atom stereocenters. The Morgan fingerprint density at radius 2 is 2.33 bits per heavy atom. The van der Waals surface area contributed by atoms with Crippen molar-refractivity contribution < 1.29 is 13.2 Å². The molecule has 0 radical (unpaired) electrons. The Hall–Kier alpha value is -1.16. The Balaban J connectivity index is 1.61. The lowest BCUT2D eigenvalue weighted by Gasteiger charge is -2.25. The zero-order valence-corrected chi connectivity index (χ0v) is 15.8. The van der Waals surface area contributed by atoms with E-state index in [4.69, 9.17) is 11.6 Å². The summed E-state index contributed by atoms with van der Waals surface area (Å²) < 4.78 is 25.1. The fraction of sp³-hybridized carbons (Fsp3) is 0.571. The summed E-state index contributed by atoms with van der Waals surface area (Å²) in [6.45, 7) is 2.40. The number of thiazole rings is 1. The molecule has 2 aromatic rings. The molecule has 0 unspecified atom stereocenters. The Morgan fingerprint density at radius 1 is 1.58 bits per heavy atom. The van der Waals surface area contributed by atoms with Crippen molar-refractivity contribution >= 4 is 43.6 Å². The maximum Gasteiger partial charge on any atom is 0.234 e. The smallest absolute Gasteiger partial charge is 0.234 e. The molecule has 24 heavy (non-hydrogen) atoms. The van der Waals surface area contributed by atoms with Crippen LogP contribution in [0.5, 0.6) is 0 Å². The molecule has 0 spiro atoms. The average Bonchev–Trinajstić information content (AvgIpc) is 3.06. The highest BCUT2D eigenvalue weighted by molar-refractivity contribution is 7.91. The van der Waals surface area contributed by atoms with Gasteiger partial charge in [-0.25, -0.2) is 13.4 Å². The van der Waals surface area contributed by atoms with E-state index in [1.54, 1.807) is 6.92 Å². The van der Waals surface area contributed by atoms with Crippen LogP contribution in [0, 0.1) is 0 Å². The van der Waals surface area contributed by atoms with E-state index in [1.807, 2.05) is 27.9 Å². The number of aromatic nitrogens is 2. The number of hydrogen-bond acceptors (Lipinski definition) is 6. The summed E-state index contributed by atoms with van der Waals surface area (Å²) in [5.74, 6) is -0.0695. The Morgan fingerprint density at radius 3 is 3.00 bits per heavy atom. The molecule has 1 aliphatic heterocycles. The summed E-state index contributed by atoms with van der Waals surface area (Å²) in [5.41, 5.74) is 0.156. The second kappa shape index (κ2) is 6.29. The highest BCUT2D eigenvalue weighted by Gasteiger charge is 2.39. The molecule has 2 aromatic heterocycles. The first-order valence-electron chi connectivity index (χ1n) is 7.47. The van der Waals surface area contributed by atoms with Crippen LogP contribution in [-0.4, -0.2) is 59.2 Å². The molecule has 1 saturated heterocycles. The first-order chi connectivity index (χ1) is 11.2. The number of amides is 1. The second-order valence-electron chi connectivity index (χ2n) is 6.53. The number of nitrogens with one attached hydrogen (secondary N) is 1. The van der Waals surface area contributed by atoms with Gasteiger partial charge in [0.2, 0.25) is 5.91 Å². The highest BCUT2D eigenvalue weighted by atomic mass is 35.5. The molecular formula is C14H19ClN4O3S2. The normalized spacial score (nSPS) is 23.2. The fourth-order valence-corrected chi connectivity index (χ4v) is 6.10. The van der Waals surface area contributed by atoms with Crippen LogP contribution in [0.15, 0.2) is 11.6 Å². The second-order valence-corrected chi connectivity index (χ2v) is 9.94. The molecule has 0 aliphatic carbocycles. The Labute approximate surface area is 149 Å². The van der Waals surface area contributed by atoms with Crippen molar-refractivity contribution in [3.8, 4) is 0 Å². The molecule has 0 aromatic carbocycles. The summed E-state index contributed by atoms with van der Waals surface area (Å²) in [5, 5.41) is 5.22. The van der Waals surface area contributed by atoms with Crippen molar-refractivity contribution in [2.45, 2.75) is 25.4 Å². The SMILES string of the molecule is CN(CC(=O)N[C@@]1(C)CCS(=O)(=O)C1)Cc1c(Cl)nc2sccn12. The monoisotopic (exact) mass is 390 g/mol. The maximum atomic E-state index is 12.3. The number of rotatable bonds is 5. The van der Waals surface area contributed by atoms with Crippen LogP contribution in [0.4, 0.5) is 0 Å². The lowest BCUT2D eigenvalue weighted by Crippen LogP contribution is -2.49. The average molecular weight is 391 g/mol. The predicted octanol–water partition coefficient (Wildman–Crippen LogP) is 1.17. The molecule has 0 saturated carbocycles. The van der Waals surface area contributed by atoms with Crippen molar-refractivity contribution in [2.75, 3.05) is 25.1 Å².